The van der Waals surface area contributed by atoms with Gasteiger partial charge in [-0.2, -0.15) is 11.8 Å². The molecule has 0 bridgehead atoms. The van der Waals surface area contributed by atoms with Gasteiger partial charge >= 0.3 is 0 Å². The van der Waals surface area contributed by atoms with Gasteiger partial charge in [0.25, 0.3) is 0 Å². The molecule has 0 saturated carbocycles. The molecule has 0 heterocycles. The lowest BCUT2D eigenvalue weighted by molar-refractivity contribution is 0.170. The molecule has 0 aliphatic carbocycles. The van der Waals surface area contributed by atoms with Gasteiger partial charge in [-0.25, -0.2) is 0 Å². The van der Waals surface area contributed by atoms with Crippen LogP contribution in [-0.2, 0) is 0 Å². The third kappa shape index (κ3) is 4.88. The second-order valence-electron chi connectivity index (χ2n) is 4.31. The normalized spacial score (nSPS) is 12.4. The molecule has 1 aromatic rings. The summed E-state index contributed by atoms with van der Waals surface area (Å²) in [4.78, 5) is 0. The van der Waals surface area contributed by atoms with Crippen LogP contribution in [-0.4, -0.2) is 37.3 Å². The minimum absolute atomic E-state index is 0.519. The molecular formula is C14H23NO2S. The fourth-order valence-electron chi connectivity index (χ4n) is 1.80. The zero-order chi connectivity index (χ0) is 13.4. The molecule has 0 spiro atoms. The van der Waals surface area contributed by atoms with Gasteiger partial charge in [0.05, 0.1) is 13.2 Å². The van der Waals surface area contributed by atoms with E-state index < -0.39 is 6.10 Å². The van der Waals surface area contributed by atoms with Crippen LogP contribution in [0.2, 0.25) is 0 Å². The number of aliphatic hydroxyl groups excluding tert-OH is 1. The lowest BCUT2D eigenvalue weighted by Gasteiger charge is -2.16. The molecule has 0 radical (unpaired) electrons. The van der Waals surface area contributed by atoms with E-state index in [-0.39, 0.29) is 0 Å². The Kier molecular flexibility index (Phi) is 7.16. The fourth-order valence-corrected chi connectivity index (χ4v) is 2.24. The molecule has 4 heteroatoms. The predicted octanol–water partition coefficient (Wildman–Crippen LogP) is 2.38. The van der Waals surface area contributed by atoms with Crippen LogP contribution in [0.4, 0.5) is 0 Å². The molecule has 1 aromatic carbocycles. The number of aryl methyl sites for hydroxylation is 1. The second kappa shape index (κ2) is 8.40. The summed E-state index contributed by atoms with van der Waals surface area (Å²) in [7, 11) is 1.63. The van der Waals surface area contributed by atoms with Crippen molar-refractivity contribution in [3.8, 4) is 5.75 Å². The number of nitrogens with one attached hydrogen (secondary N) is 1. The van der Waals surface area contributed by atoms with Crippen molar-refractivity contribution in [2.75, 3.05) is 32.2 Å². The second-order valence-corrected chi connectivity index (χ2v) is 5.30. The Bertz CT molecular complexity index is 358. The molecule has 0 aliphatic heterocycles. The van der Waals surface area contributed by atoms with Gasteiger partial charge in [0.1, 0.15) is 5.75 Å². The van der Waals surface area contributed by atoms with Crippen molar-refractivity contribution in [3.05, 3.63) is 29.3 Å². The molecule has 0 aromatic heterocycles. The van der Waals surface area contributed by atoms with E-state index in [4.69, 9.17) is 4.74 Å². The van der Waals surface area contributed by atoms with E-state index in [9.17, 15) is 5.11 Å². The highest BCUT2D eigenvalue weighted by Crippen LogP contribution is 2.25. The van der Waals surface area contributed by atoms with Crippen LogP contribution < -0.4 is 10.1 Å². The average molecular weight is 269 g/mol. The van der Waals surface area contributed by atoms with E-state index in [0.29, 0.717) is 6.54 Å². The van der Waals surface area contributed by atoms with Gasteiger partial charge < -0.3 is 15.2 Å². The Hall–Kier alpha value is -0.710. The summed E-state index contributed by atoms with van der Waals surface area (Å²) < 4.78 is 5.28. The molecule has 0 fully saturated rings. The monoisotopic (exact) mass is 269 g/mol. The van der Waals surface area contributed by atoms with Gasteiger partial charge in [-0.1, -0.05) is 11.6 Å². The maximum Gasteiger partial charge on any atom is 0.124 e. The quantitative estimate of drug-likeness (QED) is 0.711. The average Bonchev–Trinajstić information content (AvgIpc) is 2.38. The van der Waals surface area contributed by atoms with E-state index in [0.717, 1.165) is 35.6 Å². The van der Waals surface area contributed by atoms with Gasteiger partial charge in [-0.3, -0.25) is 0 Å². The summed E-state index contributed by atoms with van der Waals surface area (Å²) in [5.41, 5.74) is 1.99. The smallest absolute Gasteiger partial charge is 0.124 e. The third-order valence-electron chi connectivity index (χ3n) is 2.78. The lowest BCUT2D eigenvalue weighted by Crippen LogP contribution is -2.23. The van der Waals surface area contributed by atoms with E-state index in [1.165, 1.54) is 0 Å². The van der Waals surface area contributed by atoms with Crippen LogP contribution in [0.1, 0.15) is 23.7 Å². The van der Waals surface area contributed by atoms with Crippen molar-refractivity contribution < 1.29 is 9.84 Å². The van der Waals surface area contributed by atoms with Crippen molar-refractivity contribution in [3.63, 3.8) is 0 Å². The fraction of sp³-hybridized carbons (Fsp3) is 0.571. The Morgan fingerprint density at radius 2 is 2.22 bits per heavy atom. The summed E-state index contributed by atoms with van der Waals surface area (Å²) in [5.74, 6) is 1.90. The number of hydrogen-bond donors (Lipinski definition) is 2. The number of rotatable bonds is 8. The van der Waals surface area contributed by atoms with E-state index in [1.54, 1.807) is 7.11 Å². The van der Waals surface area contributed by atoms with Crippen LogP contribution in [0.3, 0.4) is 0 Å². The molecule has 1 rings (SSSR count). The molecule has 1 unspecified atom stereocenters. The number of hydrogen-bond acceptors (Lipinski definition) is 4. The molecule has 0 amide bonds. The van der Waals surface area contributed by atoms with Crippen LogP contribution in [0, 0.1) is 6.92 Å². The molecule has 102 valence electrons. The first-order chi connectivity index (χ1) is 8.69. The number of ether oxygens (including phenoxy) is 1. The highest BCUT2D eigenvalue weighted by Gasteiger charge is 2.12. The summed E-state index contributed by atoms with van der Waals surface area (Å²) in [6.07, 6.45) is 2.71. The van der Waals surface area contributed by atoms with Gasteiger partial charge in [0, 0.05) is 12.1 Å². The third-order valence-corrected chi connectivity index (χ3v) is 3.48. The zero-order valence-corrected chi connectivity index (χ0v) is 12.2. The Balaban J connectivity index is 2.49. The van der Waals surface area contributed by atoms with Crippen molar-refractivity contribution in [2.45, 2.75) is 19.4 Å². The van der Waals surface area contributed by atoms with Gasteiger partial charge in [0.2, 0.25) is 0 Å². The summed E-state index contributed by atoms with van der Waals surface area (Å²) in [5, 5.41) is 13.4. The van der Waals surface area contributed by atoms with Crippen LogP contribution in [0.25, 0.3) is 0 Å². The Morgan fingerprint density at radius 1 is 1.44 bits per heavy atom. The minimum atomic E-state index is -0.519. The minimum Gasteiger partial charge on any atom is -0.496 e. The molecular weight excluding hydrogens is 246 g/mol. The van der Waals surface area contributed by atoms with Crippen LogP contribution in [0.15, 0.2) is 18.2 Å². The molecule has 0 aliphatic rings. The maximum absolute atomic E-state index is 10.2. The number of methoxy groups -OCH3 is 1. The van der Waals surface area contributed by atoms with Crippen molar-refractivity contribution >= 4 is 11.8 Å². The number of aliphatic hydroxyl groups is 1. The molecule has 1 atom stereocenters. The van der Waals surface area contributed by atoms with Crippen molar-refractivity contribution in [1.29, 1.82) is 0 Å². The Labute approximate surface area is 114 Å². The first kappa shape index (κ1) is 15.3. The summed E-state index contributed by atoms with van der Waals surface area (Å²) in [6, 6.07) is 5.87. The van der Waals surface area contributed by atoms with Gasteiger partial charge in [0.15, 0.2) is 0 Å². The lowest BCUT2D eigenvalue weighted by atomic mass is 10.1. The maximum atomic E-state index is 10.2. The van der Waals surface area contributed by atoms with Crippen LogP contribution >= 0.6 is 11.8 Å². The SMILES string of the molecule is COc1ccc(C)cc1C(O)CNCCCSC. The van der Waals surface area contributed by atoms with E-state index in [1.807, 2.05) is 36.9 Å². The number of thioether (sulfide) groups is 1. The highest BCUT2D eigenvalue weighted by molar-refractivity contribution is 7.98. The van der Waals surface area contributed by atoms with Crippen molar-refractivity contribution in [2.24, 2.45) is 0 Å². The summed E-state index contributed by atoms with van der Waals surface area (Å²) in [6.45, 7) is 3.52. The van der Waals surface area contributed by atoms with Crippen molar-refractivity contribution in [1.82, 2.24) is 5.32 Å². The predicted molar refractivity (Wildman–Crippen MR) is 78.6 cm³/mol. The topological polar surface area (TPSA) is 41.5 Å². The molecule has 0 saturated heterocycles. The molecule has 3 nitrogen and oxygen atoms in total. The first-order valence-corrected chi connectivity index (χ1v) is 7.60. The standard InChI is InChI=1S/C14H23NO2S/c1-11-5-6-14(17-2)12(9-11)13(16)10-15-7-4-8-18-3/h5-6,9,13,15-16H,4,7-8,10H2,1-3H3. The number of benzene rings is 1. The largest absolute Gasteiger partial charge is 0.496 e. The van der Waals surface area contributed by atoms with E-state index in [2.05, 4.69) is 11.6 Å². The summed E-state index contributed by atoms with van der Waals surface area (Å²) >= 11 is 1.84. The zero-order valence-electron chi connectivity index (χ0n) is 11.4. The molecule has 18 heavy (non-hydrogen) atoms. The highest BCUT2D eigenvalue weighted by atomic mass is 32.2. The Morgan fingerprint density at radius 3 is 2.89 bits per heavy atom. The molecule has 2 N–H and O–H groups in total. The van der Waals surface area contributed by atoms with Gasteiger partial charge in [-0.15, -0.1) is 0 Å². The van der Waals surface area contributed by atoms with E-state index >= 15 is 0 Å². The van der Waals surface area contributed by atoms with Gasteiger partial charge in [-0.05, 0) is 44.0 Å². The van der Waals surface area contributed by atoms with Crippen LogP contribution in [0.5, 0.6) is 5.75 Å². The first-order valence-electron chi connectivity index (χ1n) is 6.21.